The fourth-order valence-corrected chi connectivity index (χ4v) is 2.79. The van der Waals surface area contributed by atoms with Crippen molar-refractivity contribution in [2.75, 3.05) is 13.1 Å². The average molecular weight is 378 g/mol. The van der Waals surface area contributed by atoms with E-state index in [0.717, 1.165) is 35.4 Å². The maximum absolute atomic E-state index is 12.4. The quantitative estimate of drug-likeness (QED) is 0.672. The van der Waals surface area contributed by atoms with Gasteiger partial charge in [0.05, 0.1) is 5.02 Å². The third-order valence-electron chi connectivity index (χ3n) is 3.47. The van der Waals surface area contributed by atoms with Crippen LogP contribution in [0.5, 0.6) is 0 Å². The summed E-state index contributed by atoms with van der Waals surface area (Å²) in [7, 11) is 0. The lowest BCUT2D eigenvalue weighted by Gasteiger charge is -2.20. The molecule has 1 aromatic carbocycles. The molecule has 1 aliphatic heterocycles. The minimum Gasteiger partial charge on any atom is -0.339 e. The van der Waals surface area contributed by atoms with Crippen molar-refractivity contribution in [3.05, 3.63) is 32.4 Å². The Labute approximate surface area is 127 Å². The Kier molecular flexibility index (Phi) is 4.90. The number of hydrogen-bond acceptors (Lipinski definition) is 1. The number of benzene rings is 1. The highest BCUT2D eigenvalue weighted by molar-refractivity contribution is 14.1. The molecular formula is C14H17ClINO. The number of rotatable bonds is 1. The van der Waals surface area contributed by atoms with Crippen LogP contribution in [0.4, 0.5) is 0 Å². The largest absolute Gasteiger partial charge is 0.339 e. The van der Waals surface area contributed by atoms with Crippen molar-refractivity contribution in [1.82, 2.24) is 4.90 Å². The first kappa shape index (κ1) is 14.1. The van der Waals surface area contributed by atoms with Gasteiger partial charge in [-0.05, 0) is 66.0 Å². The molecule has 1 fully saturated rings. The molecule has 1 saturated heterocycles. The van der Waals surface area contributed by atoms with Crippen LogP contribution in [0.15, 0.2) is 18.2 Å². The molecule has 0 aromatic heterocycles. The van der Waals surface area contributed by atoms with E-state index < -0.39 is 0 Å². The van der Waals surface area contributed by atoms with Crippen molar-refractivity contribution in [2.24, 2.45) is 5.92 Å². The minimum absolute atomic E-state index is 0.113. The van der Waals surface area contributed by atoms with Crippen LogP contribution in [0.25, 0.3) is 0 Å². The van der Waals surface area contributed by atoms with Gasteiger partial charge < -0.3 is 4.90 Å². The first-order valence-corrected chi connectivity index (χ1v) is 7.78. The Morgan fingerprint density at radius 2 is 2.17 bits per heavy atom. The van der Waals surface area contributed by atoms with E-state index in [9.17, 15) is 4.79 Å². The molecule has 2 nitrogen and oxygen atoms in total. The minimum atomic E-state index is 0.113. The predicted molar refractivity (Wildman–Crippen MR) is 83.1 cm³/mol. The summed E-state index contributed by atoms with van der Waals surface area (Å²) in [6.07, 6.45) is 3.42. The number of halogens is 2. The van der Waals surface area contributed by atoms with Crippen molar-refractivity contribution in [3.8, 4) is 0 Å². The number of likely N-dealkylation sites (tertiary alicyclic amines) is 1. The summed E-state index contributed by atoms with van der Waals surface area (Å²) in [4.78, 5) is 14.3. The number of carbonyl (C=O) groups is 1. The summed E-state index contributed by atoms with van der Waals surface area (Å²) < 4.78 is 0.982. The molecule has 2 rings (SSSR count). The van der Waals surface area contributed by atoms with Crippen LogP contribution in [-0.2, 0) is 0 Å². The Balaban J connectivity index is 2.12. The van der Waals surface area contributed by atoms with E-state index in [0.29, 0.717) is 10.6 Å². The molecule has 0 radical (unpaired) electrons. The van der Waals surface area contributed by atoms with Gasteiger partial charge in [0.25, 0.3) is 5.91 Å². The lowest BCUT2D eigenvalue weighted by molar-refractivity contribution is 0.0760. The van der Waals surface area contributed by atoms with Crippen LogP contribution >= 0.6 is 34.2 Å². The van der Waals surface area contributed by atoms with Gasteiger partial charge in [0.2, 0.25) is 0 Å². The van der Waals surface area contributed by atoms with Gasteiger partial charge in [-0.1, -0.05) is 18.5 Å². The molecule has 1 unspecified atom stereocenters. The van der Waals surface area contributed by atoms with Crippen LogP contribution in [-0.4, -0.2) is 23.9 Å². The van der Waals surface area contributed by atoms with E-state index in [4.69, 9.17) is 11.6 Å². The zero-order valence-electron chi connectivity index (χ0n) is 10.5. The second kappa shape index (κ2) is 6.24. The molecule has 4 heteroatoms. The Morgan fingerprint density at radius 3 is 2.89 bits per heavy atom. The number of carbonyl (C=O) groups excluding carboxylic acids is 1. The average Bonchev–Trinajstić information content (AvgIpc) is 2.57. The van der Waals surface area contributed by atoms with Crippen LogP contribution in [0.1, 0.15) is 36.5 Å². The van der Waals surface area contributed by atoms with Gasteiger partial charge in [-0.3, -0.25) is 4.79 Å². The molecule has 18 heavy (non-hydrogen) atoms. The molecule has 0 bridgehead atoms. The van der Waals surface area contributed by atoms with Gasteiger partial charge in [-0.25, -0.2) is 0 Å². The maximum Gasteiger partial charge on any atom is 0.253 e. The molecule has 0 aliphatic carbocycles. The molecule has 0 spiro atoms. The second-order valence-electron chi connectivity index (χ2n) is 4.96. The van der Waals surface area contributed by atoms with Gasteiger partial charge in [0, 0.05) is 22.2 Å². The zero-order valence-corrected chi connectivity index (χ0v) is 13.4. The summed E-state index contributed by atoms with van der Waals surface area (Å²) in [5.74, 6) is 0.838. The second-order valence-corrected chi connectivity index (χ2v) is 6.53. The van der Waals surface area contributed by atoms with Gasteiger partial charge in [0.1, 0.15) is 0 Å². The van der Waals surface area contributed by atoms with Crippen LogP contribution in [0, 0.1) is 9.49 Å². The maximum atomic E-state index is 12.4. The molecule has 1 amide bonds. The molecule has 1 heterocycles. The summed E-state index contributed by atoms with van der Waals surface area (Å²) in [6, 6.07) is 5.54. The van der Waals surface area contributed by atoms with Crippen molar-refractivity contribution >= 4 is 40.1 Å². The summed E-state index contributed by atoms with van der Waals surface area (Å²) >= 11 is 8.24. The lowest BCUT2D eigenvalue weighted by Crippen LogP contribution is -2.32. The van der Waals surface area contributed by atoms with Gasteiger partial charge in [-0.2, -0.15) is 0 Å². The highest BCUT2D eigenvalue weighted by atomic mass is 127. The lowest BCUT2D eigenvalue weighted by atomic mass is 10.0. The Hall–Kier alpha value is -0.290. The predicted octanol–water partition coefficient (Wildman–Crippen LogP) is 4.21. The van der Waals surface area contributed by atoms with Crippen LogP contribution in [0.2, 0.25) is 5.02 Å². The first-order chi connectivity index (χ1) is 8.58. The van der Waals surface area contributed by atoms with E-state index in [2.05, 4.69) is 29.5 Å². The zero-order chi connectivity index (χ0) is 13.1. The van der Waals surface area contributed by atoms with Gasteiger partial charge >= 0.3 is 0 Å². The van der Waals surface area contributed by atoms with Gasteiger partial charge in [0.15, 0.2) is 0 Å². The highest BCUT2D eigenvalue weighted by Crippen LogP contribution is 2.22. The van der Waals surface area contributed by atoms with Crippen molar-refractivity contribution in [1.29, 1.82) is 0 Å². The van der Waals surface area contributed by atoms with E-state index in [-0.39, 0.29) is 5.91 Å². The molecule has 0 N–H and O–H groups in total. The van der Waals surface area contributed by atoms with Crippen molar-refractivity contribution < 1.29 is 4.79 Å². The van der Waals surface area contributed by atoms with Crippen LogP contribution < -0.4 is 0 Å². The third-order valence-corrected chi connectivity index (χ3v) is 5.04. The molecule has 98 valence electrons. The smallest absolute Gasteiger partial charge is 0.253 e. The SMILES string of the molecule is CC1CCCN(C(=O)c2ccc(I)c(Cl)c2)CC1. The number of nitrogens with zero attached hydrogens (tertiary/aromatic N) is 1. The first-order valence-electron chi connectivity index (χ1n) is 6.32. The topological polar surface area (TPSA) is 20.3 Å². The molecular weight excluding hydrogens is 361 g/mol. The van der Waals surface area contributed by atoms with Crippen molar-refractivity contribution in [3.63, 3.8) is 0 Å². The number of hydrogen-bond donors (Lipinski definition) is 0. The Morgan fingerprint density at radius 1 is 1.39 bits per heavy atom. The van der Waals surface area contributed by atoms with Crippen molar-refractivity contribution in [2.45, 2.75) is 26.2 Å². The van der Waals surface area contributed by atoms with E-state index in [1.165, 1.54) is 6.42 Å². The van der Waals surface area contributed by atoms with E-state index in [1.807, 2.05) is 17.0 Å². The molecule has 1 aromatic rings. The molecule has 0 saturated carbocycles. The normalized spacial score (nSPS) is 20.6. The van der Waals surface area contributed by atoms with Gasteiger partial charge in [-0.15, -0.1) is 0 Å². The third kappa shape index (κ3) is 3.38. The standard InChI is InChI=1S/C14H17ClINO/c1-10-3-2-7-17(8-6-10)14(18)11-4-5-13(16)12(15)9-11/h4-5,9-10H,2-3,6-8H2,1H3. The number of amides is 1. The van der Waals surface area contributed by atoms with Crippen LogP contribution in [0.3, 0.4) is 0 Å². The Bertz CT molecular complexity index is 449. The fourth-order valence-electron chi connectivity index (χ4n) is 2.28. The highest BCUT2D eigenvalue weighted by Gasteiger charge is 2.20. The molecule has 1 aliphatic rings. The molecule has 1 atom stereocenters. The summed E-state index contributed by atoms with van der Waals surface area (Å²) in [5.41, 5.74) is 0.704. The summed E-state index contributed by atoms with van der Waals surface area (Å²) in [5, 5.41) is 0.657. The monoisotopic (exact) mass is 377 g/mol. The van der Waals surface area contributed by atoms with E-state index in [1.54, 1.807) is 6.07 Å². The van der Waals surface area contributed by atoms with E-state index >= 15 is 0 Å². The summed E-state index contributed by atoms with van der Waals surface area (Å²) in [6.45, 7) is 3.99. The fraction of sp³-hybridized carbons (Fsp3) is 0.500.